The molecule has 20 heavy (non-hydrogen) atoms. The van der Waals surface area contributed by atoms with E-state index >= 15 is 0 Å². The number of ether oxygens (including phenoxy) is 1. The zero-order valence-electron chi connectivity index (χ0n) is 10.9. The maximum Gasteiger partial charge on any atom is 0.319 e. The van der Waals surface area contributed by atoms with Crippen LogP contribution in [0.1, 0.15) is 23.5 Å². The second-order valence-corrected chi connectivity index (χ2v) is 4.91. The van der Waals surface area contributed by atoms with Crippen LogP contribution in [-0.2, 0) is 16.0 Å². The van der Waals surface area contributed by atoms with Gasteiger partial charge in [0.1, 0.15) is 11.5 Å². The minimum absolute atomic E-state index is 0.0821. The summed E-state index contributed by atoms with van der Waals surface area (Å²) in [5, 5.41) is 0. The molecule has 2 aromatic carbocycles. The van der Waals surface area contributed by atoms with E-state index in [1.54, 1.807) is 12.1 Å². The van der Waals surface area contributed by atoms with E-state index in [-0.39, 0.29) is 18.2 Å². The lowest BCUT2D eigenvalue weighted by atomic mass is 9.82. The Kier molecular flexibility index (Phi) is 3.33. The van der Waals surface area contributed by atoms with Gasteiger partial charge in [0, 0.05) is 12.8 Å². The van der Waals surface area contributed by atoms with Crippen molar-refractivity contribution < 1.29 is 14.3 Å². The van der Waals surface area contributed by atoms with Crippen molar-refractivity contribution in [3.63, 3.8) is 0 Å². The van der Waals surface area contributed by atoms with Gasteiger partial charge in [-0.3, -0.25) is 9.59 Å². The number of para-hydroxylation sites is 1. The number of fused-ring (bicyclic) bond motifs is 1. The fourth-order valence-corrected chi connectivity index (χ4v) is 2.54. The lowest BCUT2D eigenvalue weighted by Gasteiger charge is -2.23. The average molecular weight is 266 g/mol. The molecule has 3 nitrogen and oxygen atoms in total. The summed E-state index contributed by atoms with van der Waals surface area (Å²) in [5.41, 5.74) is 1.84. The molecule has 1 unspecified atom stereocenters. The predicted molar refractivity (Wildman–Crippen MR) is 74.6 cm³/mol. The van der Waals surface area contributed by atoms with Crippen LogP contribution in [0, 0.1) is 0 Å². The standard InChI is InChI=1S/C17H14O3/c18-13-10-12-6-4-5-9-15(12)16(11-13)17(19)20-14-7-2-1-3-8-14/h1-9,16H,10-11H2. The molecule has 0 saturated carbocycles. The lowest BCUT2D eigenvalue weighted by molar-refractivity contribution is -0.138. The molecule has 1 aliphatic carbocycles. The Morgan fingerprint density at radius 3 is 2.50 bits per heavy atom. The Balaban J connectivity index is 1.87. The second-order valence-electron chi connectivity index (χ2n) is 4.91. The quantitative estimate of drug-likeness (QED) is 0.620. The Hall–Kier alpha value is -2.42. The minimum Gasteiger partial charge on any atom is -0.426 e. The molecule has 0 radical (unpaired) electrons. The topological polar surface area (TPSA) is 43.4 Å². The summed E-state index contributed by atoms with van der Waals surface area (Å²) >= 11 is 0. The molecule has 1 aliphatic rings. The first-order valence-corrected chi connectivity index (χ1v) is 6.60. The van der Waals surface area contributed by atoms with Crippen LogP contribution >= 0.6 is 0 Å². The van der Waals surface area contributed by atoms with Crippen molar-refractivity contribution in [2.75, 3.05) is 0 Å². The predicted octanol–water partition coefficient (Wildman–Crippen LogP) is 2.89. The first kappa shape index (κ1) is 12.6. The molecule has 0 spiro atoms. The summed E-state index contributed by atoms with van der Waals surface area (Å²) in [4.78, 5) is 24.1. The number of esters is 1. The van der Waals surface area contributed by atoms with Crippen LogP contribution < -0.4 is 4.74 Å². The average Bonchev–Trinajstić information content (AvgIpc) is 2.47. The summed E-state index contributed by atoms with van der Waals surface area (Å²) in [6.45, 7) is 0. The summed E-state index contributed by atoms with van der Waals surface area (Å²) in [7, 11) is 0. The van der Waals surface area contributed by atoms with Gasteiger partial charge in [0.15, 0.2) is 0 Å². The third-order valence-corrected chi connectivity index (χ3v) is 3.50. The van der Waals surface area contributed by atoms with Crippen LogP contribution in [0.2, 0.25) is 0 Å². The minimum atomic E-state index is -0.493. The fourth-order valence-electron chi connectivity index (χ4n) is 2.54. The van der Waals surface area contributed by atoms with E-state index < -0.39 is 5.92 Å². The monoisotopic (exact) mass is 266 g/mol. The molecule has 0 saturated heterocycles. The van der Waals surface area contributed by atoms with Crippen LogP contribution in [0.5, 0.6) is 5.75 Å². The normalized spacial score (nSPS) is 17.4. The van der Waals surface area contributed by atoms with Gasteiger partial charge < -0.3 is 4.74 Å². The van der Waals surface area contributed by atoms with Crippen molar-refractivity contribution in [1.82, 2.24) is 0 Å². The Labute approximate surface area is 117 Å². The third-order valence-electron chi connectivity index (χ3n) is 3.50. The number of hydrogen-bond donors (Lipinski definition) is 0. The maximum atomic E-state index is 12.3. The molecule has 0 bridgehead atoms. The highest BCUT2D eigenvalue weighted by atomic mass is 16.5. The van der Waals surface area contributed by atoms with Gasteiger partial charge in [-0.2, -0.15) is 0 Å². The van der Waals surface area contributed by atoms with Gasteiger partial charge in [-0.1, -0.05) is 42.5 Å². The van der Waals surface area contributed by atoms with E-state index in [1.807, 2.05) is 42.5 Å². The zero-order chi connectivity index (χ0) is 13.9. The molecule has 2 aromatic rings. The van der Waals surface area contributed by atoms with Gasteiger partial charge >= 0.3 is 5.97 Å². The van der Waals surface area contributed by atoms with E-state index in [0.29, 0.717) is 12.2 Å². The number of Topliss-reactive ketones (excluding diaryl/α,β-unsaturated/α-hetero) is 1. The van der Waals surface area contributed by atoms with Crippen LogP contribution in [0.3, 0.4) is 0 Å². The summed E-state index contributed by atoms with van der Waals surface area (Å²) < 4.78 is 5.37. The van der Waals surface area contributed by atoms with E-state index in [9.17, 15) is 9.59 Å². The number of rotatable bonds is 2. The highest BCUT2D eigenvalue weighted by Crippen LogP contribution is 2.31. The zero-order valence-corrected chi connectivity index (χ0v) is 10.9. The Morgan fingerprint density at radius 2 is 1.70 bits per heavy atom. The number of hydrogen-bond acceptors (Lipinski definition) is 3. The highest BCUT2D eigenvalue weighted by molar-refractivity contribution is 5.92. The van der Waals surface area contributed by atoms with Crippen LogP contribution in [0.15, 0.2) is 54.6 Å². The molecule has 3 rings (SSSR count). The molecule has 0 aromatic heterocycles. The fraction of sp³-hybridized carbons (Fsp3) is 0.176. The number of ketones is 1. The largest absolute Gasteiger partial charge is 0.426 e. The van der Waals surface area contributed by atoms with Gasteiger partial charge in [0.05, 0.1) is 5.92 Å². The molecule has 0 N–H and O–H groups in total. The summed E-state index contributed by atoms with van der Waals surface area (Å²) in [6, 6.07) is 16.5. The van der Waals surface area contributed by atoms with Crippen molar-refractivity contribution in [1.29, 1.82) is 0 Å². The van der Waals surface area contributed by atoms with Crippen molar-refractivity contribution in [3.05, 3.63) is 65.7 Å². The smallest absolute Gasteiger partial charge is 0.319 e. The molecular weight excluding hydrogens is 252 g/mol. The molecule has 0 heterocycles. The van der Waals surface area contributed by atoms with Crippen molar-refractivity contribution in [2.45, 2.75) is 18.8 Å². The highest BCUT2D eigenvalue weighted by Gasteiger charge is 2.31. The second kappa shape index (κ2) is 5.29. The summed E-state index contributed by atoms with van der Waals surface area (Å²) in [5.74, 6) is -0.268. The van der Waals surface area contributed by atoms with E-state index in [2.05, 4.69) is 0 Å². The molecular formula is C17H14O3. The first-order chi connectivity index (χ1) is 9.74. The maximum absolute atomic E-state index is 12.3. The van der Waals surface area contributed by atoms with Gasteiger partial charge in [-0.15, -0.1) is 0 Å². The summed E-state index contributed by atoms with van der Waals surface area (Å²) in [6.07, 6.45) is 0.633. The molecule has 0 fully saturated rings. The molecule has 100 valence electrons. The van der Waals surface area contributed by atoms with Crippen LogP contribution in [-0.4, -0.2) is 11.8 Å². The molecule has 0 amide bonds. The first-order valence-electron chi connectivity index (χ1n) is 6.60. The number of carbonyl (C=O) groups is 2. The van der Waals surface area contributed by atoms with Crippen molar-refractivity contribution in [3.8, 4) is 5.75 Å². The number of benzene rings is 2. The van der Waals surface area contributed by atoms with Gasteiger partial charge in [0.25, 0.3) is 0 Å². The molecule has 0 aliphatic heterocycles. The molecule has 1 atom stereocenters. The SMILES string of the molecule is O=C1Cc2ccccc2C(C(=O)Oc2ccccc2)C1. The van der Waals surface area contributed by atoms with Crippen molar-refractivity contribution >= 4 is 11.8 Å². The van der Waals surface area contributed by atoms with Crippen molar-refractivity contribution in [2.24, 2.45) is 0 Å². The van der Waals surface area contributed by atoms with E-state index in [0.717, 1.165) is 11.1 Å². The Morgan fingerprint density at radius 1 is 1.00 bits per heavy atom. The Bertz CT molecular complexity index is 646. The van der Waals surface area contributed by atoms with Gasteiger partial charge in [-0.05, 0) is 23.3 Å². The lowest BCUT2D eigenvalue weighted by Crippen LogP contribution is -2.27. The van der Waals surface area contributed by atoms with Crippen LogP contribution in [0.25, 0.3) is 0 Å². The third kappa shape index (κ3) is 2.48. The van der Waals surface area contributed by atoms with Gasteiger partial charge in [-0.25, -0.2) is 0 Å². The van der Waals surface area contributed by atoms with Gasteiger partial charge in [0.2, 0.25) is 0 Å². The van der Waals surface area contributed by atoms with Crippen LogP contribution in [0.4, 0.5) is 0 Å². The number of carbonyl (C=O) groups excluding carboxylic acids is 2. The van der Waals surface area contributed by atoms with E-state index in [4.69, 9.17) is 4.74 Å². The van der Waals surface area contributed by atoms with E-state index in [1.165, 1.54) is 0 Å². The molecule has 3 heteroatoms.